The summed E-state index contributed by atoms with van der Waals surface area (Å²) >= 11 is 1.60. The van der Waals surface area contributed by atoms with Crippen molar-refractivity contribution in [3.8, 4) is 5.75 Å². The fourth-order valence-corrected chi connectivity index (χ4v) is 3.41. The van der Waals surface area contributed by atoms with E-state index < -0.39 is 0 Å². The van der Waals surface area contributed by atoms with Crippen molar-refractivity contribution < 1.29 is 9.53 Å². The summed E-state index contributed by atoms with van der Waals surface area (Å²) in [5, 5.41) is 4.12. The first kappa shape index (κ1) is 15.9. The van der Waals surface area contributed by atoms with Crippen LogP contribution in [0.3, 0.4) is 0 Å². The van der Waals surface area contributed by atoms with E-state index in [2.05, 4.69) is 30.2 Å². The highest BCUT2D eigenvalue weighted by molar-refractivity contribution is 7.99. The van der Waals surface area contributed by atoms with Crippen LogP contribution in [0.25, 0.3) is 0 Å². The zero-order chi connectivity index (χ0) is 16.2. The summed E-state index contributed by atoms with van der Waals surface area (Å²) in [5.74, 6) is 0.824. The lowest BCUT2D eigenvalue weighted by molar-refractivity contribution is 0.0930. The van der Waals surface area contributed by atoms with E-state index in [9.17, 15) is 4.79 Å². The summed E-state index contributed by atoms with van der Waals surface area (Å²) in [6.45, 7) is 4.67. The van der Waals surface area contributed by atoms with Gasteiger partial charge in [-0.1, -0.05) is 32.0 Å². The summed E-state index contributed by atoms with van der Waals surface area (Å²) in [6.07, 6.45) is 2.55. The number of para-hydroxylation sites is 1. The van der Waals surface area contributed by atoms with Crippen LogP contribution in [-0.2, 0) is 6.42 Å². The monoisotopic (exact) mass is 328 g/mol. The Labute approximate surface area is 140 Å². The molecule has 23 heavy (non-hydrogen) atoms. The van der Waals surface area contributed by atoms with Crippen molar-refractivity contribution in [3.05, 3.63) is 53.7 Å². The second kappa shape index (κ2) is 7.04. The van der Waals surface area contributed by atoms with Gasteiger partial charge in [0.15, 0.2) is 0 Å². The number of benzene rings is 1. The van der Waals surface area contributed by atoms with Crippen molar-refractivity contribution >= 4 is 17.7 Å². The number of thioether (sulfide) groups is 1. The Hall–Kier alpha value is -2.01. The van der Waals surface area contributed by atoms with E-state index in [0.29, 0.717) is 17.4 Å². The average molecular weight is 328 g/mol. The topological polar surface area (TPSA) is 51.2 Å². The molecule has 1 atom stereocenters. The van der Waals surface area contributed by atoms with E-state index in [0.717, 1.165) is 17.2 Å². The fraction of sp³-hybridized carbons (Fsp3) is 0.333. The van der Waals surface area contributed by atoms with E-state index in [4.69, 9.17) is 4.74 Å². The van der Waals surface area contributed by atoms with E-state index in [1.54, 1.807) is 24.0 Å². The third-order valence-electron chi connectivity index (χ3n) is 3.57. The predicted molar refractivity (Wildman–Crippen MR) is 92.1 cm³/mol. The van der Waals surface area contributed by atoms with Crippen LogP contribution in [0.2, 0.25) is 0 Å². The molecule has 1 aliphatic heterocycles. The number of amides is 1. The van der Waals surface area contributed by atoms with Gasteiger partial charge in [0, 0.05) is 17.9 Å². The van der Waals surface area contributed by atoms with Gasteiger partial charge in [-0.2, -0.15) is 0 Å². The summed E-state index contributed by atoms with van der Waals surface area (Å²) in [7, 11) is 0. The summed E-state index contributed by atoms with van der Waals surface area (Å²) < 4.78 is 5.85. The van der Waals surface area contributed by atoms with Crippen LogP contribution in [0.4, 0.5) is 0 Å². The lowest BCUT2D eigenvalue weighted by Gasteiger charge is -2.13. The Balaban J connectivity index is 1.61. The molecule has 0 unspecified atom stereocenters. The average Bonchev–Trinajstić information content (AvgIpc) is 2.95. The van der Waals surface area contributed by atoms with Crippen LogP contribution in [0.5, 0.6) is 5.75 Å². The Morgan fingerprint density at radius 3 is 2.96 bits per heavy atom. The van der Waals surface area contributed by atoms with Crippen LogP contribution in [0.1, 0.15) is 29.8 Å². The molecule has 5 heteroatoms. The van der Waals surface area contributed by atoms with Gasteiger partial charge in [0.05, 0.1) is 12.1 Å². The zero-order valence-electron chi connectivity index (χ0n) is 13.3. The molecule has 1 N–H and O–H groups in total. The van der Waals surface area contributed by atoms with Gasteiger partial charge in [0.25, 0.3) is 5.91 Å². The lowest BCUT2D eigenvalue weighted by Crippen LogP contribution is -2.34. The van der Waals surface area contributed by atoms with Crippen molar-refractivity contribution in [1.82, 2.24) is 10.3 Å². The second-order valence-corrected chi connectivity index (χ2v) is 7.35. The standard InChI is InChI=1S/C18H20N2O2S/c1-12(2)23-18-15(7-5-9-19-18)17(21)20-11-14-10-13-6-3-4-8-16(13)22-14/h3-9,12,14H,10-11H2,1-2H3,(H,20,21)/t14-/m1/s1. The molecule has 1 amide bonds. The molecule has 2 aromatic rings. The summed E-state index contributed by atoms with van der Waals surface area (Å²) in [4.78, 5) is 16.8. The second-order valence-electron chi connectivity index (χ2n) is 5.78. The normalized spacial score (nSPS) is 16.0. The Bertz CT molecular complexity index is 678. The van der Waals surface area contributed by atoms with Gasteiger partial charge < -0.3 is 10.1 Å². The minimum Gasteiger partial charge on any atom is -0.488 e. The largest absolute Gasteiger partial charge is 0.488 e. The molecular weight excluding hydrogens is 308 g/mol. The predicted octanol–water partition coefficient (Wildman–Crippen LogP) is 3.32. The number of nitrogens with one attached hydrogen (secondary N) is 1. The number of carbonyl (C=O) groups excluding carboxylic acids is 1. The first-order valence-electron chi connectivity index (χ1n) is 7.78. The van der Waals surface area contributed by atoms with Crippen molar-refractivity contribution in [1.29, 1.82) is 0 Å². The molecule has 120 valence electrons. The number of pyridine rings is 1. The third kappa shape index (κ3) is 3.85. The first-order chi connectivity index (χ1) is 11.1. The highest BCUT2D eigenvalue weighted by Gasteiger charge is 2.23. The number of hydrogen-bond acceptors (Lipinski definition) is 4. The fourth-order valence-electron chi connectivity index (χ4n) is 2.55. The Kier molecular flexibility index (Phi) is 4.86. The Morgan fingerprint density at radius 2 is 2.17 bits per heavy atom. The molecule has 0 saturated carbocycles. The van der Waals surface area contributed by atoms with Crippen LogP contribution < -0.4 is 10.1 Å². The molecule has 1 aromatic carbocycles. The molecule has 0 aliphatic carbocycles. The van der Waals surface area contributed by atoms with Crippen LogP contribution in [0.15, 0.2) is 47.6 Å². The van der Waals surface area contributed by atoms with E-state index >= 15 is 0 Å². The van der Waals surface area contributed by atoms with Gasteiger partial charge in [-0.05, 0) is 23.8 Å². The van der Waals surface area contributed by atoms with Gasteiger partial charge >= 0.3 is 0 Å². The molecule has 1 aliphatic rings. The lowest BCUT2D eigenvalue weighted by atomic mass is 10.1. The van der Waals surface area contributed by atoms with Gasteiger partial charge in [0.1, 0.15) is 16.9 Å². The van der Waals surface area contributed by atoms with Crippen LogP contribution in [0, 0.1) is 0 Å². The van der Waals surface area contributed by atoms with E-state index in [1.807, 2.05) is 24.3 Å². The number of ether oxygens (including phenoxy) is 1. The molecule has 4 nitrogen and oxygen atoms in total. The molecule has 0 fully saturated rings. The molecule has 0 spiro atoms. The smallest absolute Gasteiger partial charge is 0.254 e. The van der Waals surface area contributed by atoms with Crippen molar-refractivity contribution in [3.63, 3.8) is 0 Å². The number of nitrogens with zero attached hydrogens (tertiary/aromatic N) is 1. The van der Waals surface area contributed by atoms with Crippen molar-refractivity contribution in [2.75, 3.05) is 6.54 Å². The number of aromatic nitrogens is 1. The summed E-state index contributed by atoms with van der Waals surface area (Å²) in [5.41, 5.74) is 1.82. The highest BCUT2D eigenvalue weighted by Crippen LogP contribution is 2.28. The zero-order valence-corrected chi connectivity index (χ0v) is 14.1. The molecule has 1 aromatic heterocycles. The van der Waals surface area contributed by atoms with Gasteiger partial charge in [-0.15, -0.1) is 11.8 Å². The Morgan fingerprint density at radius 1 is 1.35 bits per heavy atom. The summed E-state index contributed by atoms with van der Waals surface area (Å²) in [6, 6.07) is 11.6. The molecular formula is C18H20N2O2S. The maximum absolute atomic E-state index is 12.5. The van der Waals surface area contributed by atoms with Crippen LogP contribution >= 0.6 is 11.8 Å². The molecule has 2 heterocycles. The van der Waals surface area contributed by atoms with E-state index in [-0.39, 0.29) is 12.0 Å². The van der Waals surface area contributed by atoms with Crippen molar-refractivity contribution in [2.45, 2.75) is 36.6 Å². The van der Waals surface area contributed by atoms with Gasteiger partial charge in [-0.25, -0.2) is 4.98 Å². The maximum Gasteiger partial charge on any atom is 0.254 e. The minimum atomic E-state index is -0.0965. The molecule has 0 saturated heterocycles. The highest BCUT2D eigenvalue weighted by atomic mass is 32.2. The van der Waals surface area contributed by atoms with Gasteiger partial charge in [0.2, 0.25) is 0 Å². The molecule has 0 bridgehead atoms. The molecule has 3 rings (SSSR count). The number of fused-ring (bicyclic) bond motifs is 1. The van der Waals surface area contributed by atoms with E-state index in [1.165, 1.54) is 5.56 Å². The SMILES string of the molecule is CC(C)Sc1ncccc1C(=O)NC[C@H]1Cc2ccccc2O1. The van der Waals surface area contributed by atoms with Crippen molar-refractivity contribution in [2.24, 2.45) is 0 Å². The maximum atomic E-state index is 12.5. The number of hydrogen-bond donors (Lipinski definition) is 1. The minimum absolute atomic E-state index is 0.00535. The van der Waals surface area contributed by atoms with Crippen LogP contribution in [-0.4, -0.2) is 28.8 Å². The van der Waals surface area contributed by atoms with Gasteiger partial charge in [-0.3, -0.25) is 4.79 Å². The molecule has 0 radical (unpaired) electrons. The number of rotatable bonds is 5. The number of carbonyl (C=O) groups is 1. The first-order valence-corrected chi connectivity index (χ1v) is 8.66. The third-order valence-corrected chi connectivity index (χ3v) is 4.59. The quantitative estimate of drug-likeness (QED) is 0.856.